The van der Waals surface area contributed by atoms with Crippen LogP contribution < -0.4 is 0 Å². The summed E-state index contributed by atoms with van der Waals surface area (Å²) in [4.78, 5) is 10.1. The van der Waals surface area contributed by atoms with Crippen molar-refractivity contribution in [2.75, 3.05) is 0 Å². The molecule has 0 atom stereocenters. The molecule has 0 aromatic heterocycles. The van der Waals surface area contributed by atoms with Gasteiger partial charge in [-0.1, -0.05) is 24.3 Å². The van der Waals surface area contributed by atoms with E-state index in [0.29, 0.717) is 18.8 Å². The molecule has 0 amide bonds. The average Bonchev–Trinajstić information content (AvgIpc) is 2.08. The van der Waals surface area contributed by atoms with Crippen LogP contribution in [0.1, 0.15) is 25.7 Å². The molecule has 2 fully saturated rings. The number of hydrogen-bond donors (Lipinski definition) is 1. The Kier molecular flexibility index (Phi) is 3.68. The van der Waals surface area contributed by atoms with Gasteiger partial charge in [0.25, 0.3) is 0 Å². The molecule has 0 bridgehead atoms. The monoisotopic (exact) mass is 205 g/mol. The third kappa shape index (κ3) is 3.25. The molecule has 3 nitrogen and oxygen atoms in total. The molecule has 2 rings (SSSR count). The number of hydrogen-bond acceptors (Lipinski definition) is 2. The van der Waals surface area contributed by atoms with Crippen LogP contribution >= 0.6 is 0 Å². The summed E-state index contributed by atoms with van der Waals surface area (Å²) >= 11 is 0. The Morgan fingerprint density at radius 2 is 1.73 bits per heavy atom. The Hall–Kier alpha value is -1.56. The first-order valence-electron chi connectivity index (χ1n) is 4.98. The van der Waals surface area contributed by atoms with Crippen LogP contribution in [-0.4, -0.2) is 11.1 Å². The van der Waals surface area contributed by atoms with Gasteiger partial charge in [-0.3, -0.25) is 4.79 Å². The van der Waals surface area contributed by atoms with Crippen LogP contribution in [0, 0.1) is 23.2 Å². The molecule has 2 aliphatic rings. The Labute approximate surface area is 89.7 Å². The second-order valence-corrected chi connectivity index (χ2v) is 4.18. The number of carboxylic acid groups (broad SMARTS) is 1. The van der Waals surface area contributed by atoms with Crippen molar-refractivity contribution >= 4 is 5.97 Å². The molecular formula is C12H15NO2. The van der Waals surface area contributed by atoms with Crippen LogP contribution in [0.25, 0.3) is 0 Å². The van der Waals surface area contributed by atoms with Gasteiger partial charge in [0, 0.05) is 0 Å². The zero-order chi connectivity index (χ0) is 11.4. The SMILES string of the molecule is C=C1CC(C#N)C1.C=C1CC(C(=O)O)C1. The van der Waals surface area contributed by atoms with Gasteiger partial charge in [0.05, 0.1) is 17.9 Å². The van der Waals surface area contributed by atoms with Crippen LogP contribution in [-0.2, 0) is 4.79 Å². The van der Waals surface area contributed by atoms with Gasteiger partial charge in [0.1, 0.15) is 0 Å². The number of nitrogens with zero attached hydrogens (tertiary/aromatic N) is 1. The lowest BCUT2D eigenvalue weighted by Gasteiger charge is -2.23. The van der Waals surface area contributed by atoms with Gasteiger partial charge < -0.3 is 5.11 Å². The van der Waals surface area contributed by atoms with E-state index in [4.69, 9.17) is 10.4 Å². The summed E-state index contributed by atoms with van der Waals surface area (Å²) in [6.07, 6.45) is 3.26. The first-order valence-corrected chi connectivity index (χ1v) is 4.98. The maximum atomic E-state index is 10.1. The van der Waals surface area contributed by atoms with Crippen LogP contribution in [0.15, 0.2) is 24.3 Å². The van der Waals surface area contributed by atoms with E-state index in [1.54, 1.807) is 0 Å². The molecule has 15 heavy (non-hydrogen) atoms. The van der Waals surface area contributed by atoms with Crippen molar-refractivity contribution in [3.8, 4) is 6.07 Å². The fraction of sp³-hybridized carbons (Fsp3) is 0.500. The molecule has 0 saturated heterocycles. The number of allylic oxidation sites excluding steroid dienone is 2. The lowest BCUT2D eigenvalue weighted by atomic mass is 9.81. The lowest BCUT2D eigenvalue weighted by Crippen LogP contribution is -2.22. The Balaban J connectivity index is 0.000000151. The van der Waals surface area contributed by atoms with Crippen molar-refractivity contribution in [1.82, 2.24) is 0 Å². The van der Waals surface area contributed by atoms with E-state index in [1.165, 1.54) is 5.57 Å². The fourth-order valence-corrected chi connectivity index (χ4v) is 1.54. The Morgan fingerprint density at radius 1 is 1.27 bits per heavy atom. The van der Waals surface area contributed by atoms with Gasteiger partial charge in [-0.05, 0) is 25.7 Å². The van der Waals surface area contributed by atoms with Crippen LogP contribution in [0.5, 0.6) is 0 Å². The molecule has 2 aliphatic carbocycles. The minimum atomic E-state index is -0.683. The van der Waals surface area contributed by atoms with E-state index in [0.717, 1.165) is 18.4 Å². The van der Waals surface area contributed by atoms with Gasteiger partial charge in [0.2, 0.25) is 0 Å². The molecule has 80 valence electrons. The highest BCUT2D eigenvalue weighted by Crippen LogP contribution is 2.31. The van der Waals surface area contributed by atoms with Gasteiger partial charge in [-0.25, -0.2) is 0 Å². The standard InChI is InChI=1S/C6H7N.C6H8O2/c1-5-2-6(3-5)4-7;1-4-2-5(3-4)6(7)8/h6H,1-3H2;5H,1-3H2,(H,7,8). The van der Waals surface area contributed by atoms with Crippen molar-refractivity contribution in [3.63, 3.8) is 0 Å². The first kappa shape index (κ1) is 11.5. The molecular weight excluding hydrogens is 190 g/mol. The fourth-order valence-electron chi connectivity index (χ4n) is 1.54. The quantitative estimate of drug-likeness (QED) is 0.669. The maximum Gasteiger partial charge on any atom is 0.307 e. The van der Waals surface area contributed by atoms with E-state index >= 15 is 0 Å². The van der Waals surface area contributed by atoms with Crippen molar-refractivity contribution in [1.29, 1.82) is 5.26 Å². The van der Waals surface area contributed by atoms with Crippen molar-refractivity contribution < 1.29 is 9.90 Å². The summed E-state index contributed by atoms with van der Waals surface area (Å²) < 4.78 is 0. The second kappa shape index (κ2) is 4.79. The predicted molar refractivity (Wildman–Crippen MR) is 57.0 cm³/mol. The van der Waals surface area contributed by atoms with Crippen molar-refractivity contribution in [2.24, 2.45) is 11.8 Å². The normalized spacial score (nSPS) is 20.5. The van der Waals surface area contributed by atoms with Crippen molar-refractivity contribution in [3.05, 3.63) is 24.3 Å². The van der Waals surface area contributed by atoms with Crippen LogP contribution in [0.3, 0.4) is 0 Å². The van der Waals surface area contributed by atoms with E-state index < -0.39 is 5.97 Å². The molecule has 3 heteroatoms. The second-order valence-electron chi connectivity index (χ2n) is 4.18. The number of carbonyl (C=O) groups is 1. The molecule has 0 heterocycles. The van der Waals surface area contributed by atoms with E-state index in [2.05, 4.69) is 19.2 Å². The summed E-state index contributed by atoms with van der Waals surface area (Å²) in [5.41, 5.74) is 2.30. The Bertz CT molecular complexity index is 322. The van der Waals surface area contributed by atoms with Gasteiger partial charge >= 0.3 is 5.97 Å². The molecule has 0 radical (unpaired) electrons. The minimum Gasteiger partial charge on any atom is -0.481 e. The zero-order valence-corrected chi connectivity index (χ0v) is 8.70. The summed E-state index contributed by atoms with van der Waals surface area (Å²) in [5.74, 6) is -0.507. The molecule has 0 aliphatic heterocycles. The highest BCUT2D eigenvalue weighted by Gasteiger charge is 2.27. The maximum absolute atomic E-state index is 10.1. The van der Waals surface area contributed by atoms with Gasteiger partial charge in [0.15, 0.2) is 0 Å². The number of carboxylic acids is 1. The van der Waals surface area contributed by atoms with Gasteiger partial charge in [-0.15, -0.1) is 0 Å². The number of aliphatic carboxylic acids is 1. The minimum absolute atomic E-state index is 0.123. The molecule has 0 aromatic rings. The summed E-state index contributed by atoms with van der Waals surface area (Å²) in [7, 11) is 0. The largest absolute Gasteiger partial charge is 0.481 e. The summed E-state index contributed by atoms with van der Waals surface area (Å²) in [5, 5.41) is 16.5. The number of rotatable bonds is 1. The topological polar surface area (TPSA) is 61.1 Å². The summed E-state index contributed by atoms with van der Waals surface area (Å²) in [6.45, 7) is 7.34. The third-order valence-corrected chi connectivity index (χ3v) is 2.67. The van der Waals surface area contributed by atoms with Crippen LogP contribution in [0.4, 0.5) is 0 Å². The third-order valence-electron chi connectivity index (χ3n) is 2.67. The smallest absolute Gasteiger partial charge is 0.307 e. The molecule has 0 spiro atoms. The first-order chi connectivity index (χ1) is 7.02. The predicted octanol–water partition coefficient (Wildman–Crippen LogP) is 2.51. The van der Waals surface area contributed by atoms with E-state index in [-0.39, 0.29) is 5.92 Å². The van der Waals surface area contributed by atoms with Crippen LogP contribution in [0.2, 0.25) is 0 Å². The summed E-state index contributed by atoms with van der Waals surface area (Å²) in [6, 6.07) is 2.17. The molecule has 1 N–H and O–H groups in total. The number of nitriles is 1. The highest BCUT2D eigenvalue weighted by atomic mass is 16.4. The molecule has 0 unspecified atom stereocenters. The molecule has 2 saturated carbocycles. The highest BCUT2D eigenvalue weighted by molar-refractivity contribution is 5.72. The lowest BCUT2D eigenvalue weighted by molar-refractivity contribution is -0.143. The van der Waals surface area contributed by atoms with Crippen molar-refractivity contribution in [2.45, 2.75) is 25.7 Å². The van der Waals surface area contributed by atoms with E-state index in [9.17, 15) is 4.79 Å². The van der Waals surface area contributed by atoms with E-state index in [1.807, 2.05) is 0 Å². The average molecular weight is 205 g/mol. The Morgan fingerprint density at radius 3 is 1.87 bits per heavy atom. The van der Waals surface area contributed by atoms with Gasteiger partial charge in [-0.2, -0.15) is 5.26 Å². The molecule has 0 aromatic carbocycles. The zero-order valence-electron chi connectivity index (χ0n) is 8.70.